The van der Waals surface area contributed by atoms with Crippen molar-refractivity contribution < 1.29 is 9.59 Å². The molecule has 1 fully saturated rings. The molecule has 0 unspecified atom stereocenters. The van der Waals surface area contributed by atoms with Crippen molar-refractivity contribution in [2.24, 2.45) is 0 Å². The van der Waals surface area contributed by atoms with Crippen molar-refractivity contribution >= 4 is 34.5 Å². The van der Waals surface area contributed by atoms with Crippen molar-refractivity contribution in [1.29, 1.82) is 0 Å². The lowest BCUT2D eigenvalue weighted by Gasteiger charge is -2.29. The van der Waals surface area contributed by atoms with Crippen LogP contribution in [0.15, 0.2) is 35.0 Å². The van der Waals surface area contributed by atoms with Crippen molar-refractivity contribution in [3.63, 3.8) is 0 Å². The Morgan fingerprint density at radius 2 is 1.23 bits per heavy atom. The number of carbonyl (C=O) groups is 2. The van der Waals surface area contributed by atoms with Crippen LogP contribution in [0.5, 0.6) is 0 Å². The van der Waals surface area contributed by atoms with Crippen molar-refractivity contribution in [1.82, 2.24) is 10.6 Å². The van der Waals surface area contributed by atoms with Gasteiger partial charge in [0.1, 0.15) is 0 Å². The van der Waals surface area contributed by atoms with Crippen molar-refractivity contribution in [3.8, 4) is 0 Å². The first-order valence-electron chi connectivity index (χ1n) is 7.41. The summed E-state index contributed by atoms with van der Waals surface area (Å²) >= 11 is 2.92. The lowest BCUT2D eigenvalue weighted by molar-refractivity contribution is 0.0896. The van der Waals surface area contributed by atoms with E-state index in [0.29, 0.717) is 0 Å². The monoisotopic (exact) mass is 334 g/mol. The van der Waals surface area contributed by atoms with Gasteiger partial charge in [0.25, 0.3) is 11.8 Å². The number of thiophene rings is 2. The number of carbonyl (C=O) groups excluding carboxylic acids is 2. The minimum absolute atomic E-state index is 0.0149. The van der Waals surface area contributed by atoms with E-state index in [1.165, 1.54) is 22.7 Å². The minimum Gasteiger partial charge on any atom is -0.349 e. The molecule has 2 amide bonds. The number of rotatable bonds is 4. The molecule has 2 heterocycles. The normalized spacial score (nSPS) is 21.3. The molecule has 1 aliphatic carbocycles. The van der Waals surface area contributed by atoms with Crippen LogP contribution in [0.3, 0.4) is 0 Å². The average molecular weight is 334 g/mol. The Morgan fingerprint density at radius 1 is 0.818 bits per heavy atom. The number of hydrogen-bond acceptors (Lipinski definition) is 4. The Balaban J connectivity index is 1.44. The van der Waals surface area contributed by atoms with Gasteiger partial charge in [0.2, 0.25) is 0 Å². The molecule has 0 aromatic carbocycles. The molecular formula is C16H18N2O2S2. The van der Waals surface area contributed by atoms with E-state index in [1.807, 2.05) is 35.0 Å². The molecule has 1 saturated carbocycles. The molecule has 3 rings (SSSR count). The maximum absolute atomic E-state index is 12.0. The molecule has 0 radical (unpaired) electrons. The Bertz CT molecular complexity index is 558. The zero-order valence-corrected chi connectivity index (χ0v) is 13.7. The predicted molar refractivity (Wildman–Crippen MR) is 89.6 cm³/mol. The molecule has 22 heavy (non-hydrogen) atoms. The first kappa shape index (κ1) is 15.2. The smallest absolute Gasteiger partial charge is 0.261 e. The maximum Gasteiger partial charge on any atom is 0.261 e. The van der Waals surface area contributed by atoms with Gasteiger partial charge in [-0.15, -0.1) is 22.7 Å². The summed E-state index contributed by atoms with van der Waals surface area (Å²) in [6.07, 6.45) is 3.64. The van der Waals surface area contributed by atoms with Gasteiger partial charge in [-0.3, -0.25) is 9.59 Å². The highest BCUT2D eigenvalue weighted by molar-refractivity contribution is 7.12. The molecule has 2 aromatic heterocycles. The van der Waals surface area contributed by atoms with Crippen LogP contribution < -0.4 is 10.6 Å². The first-order valence-corrected chi connectivity index (χ1v) is 9.17. The van der Waals surface area contributed by atoms with Crippen LogP contribution in [-0.2, 0) is 0 Å². The summed E-state index contributed by atoms with van der Waals surface area (Å²) in [7, 11) is 0. The molecule has 2 N–H and O–H groups in total. The summed E-state index contributed by atoms with van der Waals surface area (Å²) in [6, 6.07) is 7.88. The molecule has 0 aliphatic heterocycles. The van der Waals surface area contributed by atoms with Crippen LogP contribution in [0.1, 0.15) is 45.0 Å². The highest BCUT2D eigenvalue weighted by atomic mass is 32.1. The van der Waals surface area contributed by atoms with Gasteiger partial charge in [-0.1, -0.05) is 12.1 Å². The van der Waals surface area contributed by atoms with Crippen LogP contribution in [0.4, 0.5) is 0 Å². The Hall–Kier alpha value is -1.66. The van der Waals surface area contributed by atoms with Gasteiger partial charge < -0.3 is 10.6 Å². The quantitative estimate of drug-likeness (QED) is 0.901. The second kappa shape index (κ2) is 7.07. The van der Waals surface area contributed by atoms with Crippen LogP contribution in [0, 0.1) is 0 Å². The van der Waals surface area contributed by atoms with Crippen molar-refractivity contribution in [3.05, 3.63) is 44.8 Å². The van der Waals surface area contributed by atoms with E-state index < -0.39 is 0 Å². The fourth-order valence-electron chi connectivity index (χ4n) is 2.71. The summed E-state index contributed by atoms with van der Waals surface area (Å²) in [5.41, 5.74) is 0. The molecule has 6 heteroatoms. The highest BCUT2D eigenvalue weighted by Gasteiger charge is 2.24. The first-order chi connectivity index (χ1) is 10.7. The summed E-state index contributed by atoms with van der Waals surface area (Å²) in [6.45, 7) is 0. The standard InChI is InChI=1S/C16H18N2O2S2/c19-15(13-3-1-9-21-13)17-11-5-7-12(8-6-11)18-16(20)14-4-2-10-22-14/h1-4,9-12H,5-8H2,(H,17,19)(H,18,20). The van der Waals surface area contributed by atoms with Gasteiger partial charge in [-0.05, 0) is 48.6 Å². The van der Waals surface area contributed by atoms with Gasteiger partial charge in [0.15, 0.2) is 0 Å². The van der Waals surface area contributed by atoms with Crippen LogP contribution in [0.25, 0.3) is 0 Å². The van der Waals surface area contributed by atoms with Gasteiger partial charge in [-0.25, -0.2) is 0 Å². The Kier molecular flexibility index (Phi) is 4.90. The average Bonchev–Trinajstić information content (AvgIpc) is 3.23. The molecule has 4 nitrogen and oxygen atoms in total. The molecule has 0 spiro atoms. The van der Waals surface area contributed by atoms with E-state index in [2.05, 4.69) is 10.6 Å². The largest absolute Gasteiger partial charge is 0.349 e. The second-order valence-corrected chi connectivity index (χ2v) is 7.35. The van der Waals surface area contributed by atoms with Crippen molar-refractivity contribution in [2.75, 3.05) is 0 Å². The van der Waals surface area contributed by atoms with Crippen LogP contribution >= 0.6 is 22.7 Å². The van der Waals surface area contributed by atoms with Crippen molar-refractivity contribution in [2.45, 2.75) is 37.8 Å². The zero-order valence-electron chi connectivity index (χ0n) is 12.1. The second-order valence-electron chi connectivity index (χ2n) is 5.45. The van der Waals surface area contributed by atoms with Gasteiger partial charge in [-0.2, -0.15) is 0 Å². The lowest BCUT2D eigenvalue weighted by Crippen LogP contribution is -2.43. The van der Waals surface area contributed by atoms with E-state index in [9.17, 15) is 9.59 Å². The number of hydrogen-bond donors (Lipinski definition) is 2. The van der Waals surface area contributed by atoms with E-state index in [0.717, 1.165) is 35.4 Å². The van der Waals surface area contributed by atoms with Crippen LogP contribution in [0.2, 0.25) is 0 Å². The van der Waals surface area contributed by atoms with Gasteiger partial charge in [0, 0.05) is 12.1 Å². The van der Waals surface area contributed by atoms with E-state index in [4.69, 9.17) is 0 Å². The van der Waals surface area contributed by atoms with Gasteiger partial charge in [0.05, 0.1) is 9.75 Å². The molecule has 0 atom stereocenters. The third kappa shape index (κ3) is 3.75. The minimum atomic E-state index is 0.0149. The number of amides is 2. The highest BCUT2D eigenvalue weighted by Crippen LogP contribution is 2.20. The molecule has 0 saturated heterocycles. The molecule has 1 aliphatic rings. The maximum atomic E-state index is 12.0. The summed E-state index contributed by atoms with van der Waals surface area (Å²) in [5, 5.41) is 9.98. The molecular weight excluding hydrogens is 316 g/mol. The lowest BCUT2D eigenvalue weighted by atomic mass is 9.91. The Morgan fingerprint density at radius 3 is 1.55 bits per heavy atom. The molecule has 0 bridgehead atoms. The summed E-state index contributed by atoms with van der Waals surface area (Å²) in [4.78, 5) is 25.6. The topological polar surface area (TPSA) is 58.2 Å². The zero-order chi connectivity index (χ0) is 15.4. The molecule has 116 valence electrons. The Labute approximate surface area is 137 Å². The molecule has 2 aromatic rings. The number of nitrogens with one attached hydrogen (secondary N) is 2. The third-order valence-corrected chi connectivity index (χ3v) is 5.62. The third-order valence-electron chi connectivity index (χ3n) is 3.89. The summed E-state index contributed by atoms with van der Waals surface area (Å²) < 4.78 is 0. The predicted octanol–water partition coefficient (Wildman–Crippen LogP) is 3.28. The van der Waals surface area contributed by atoms with E-state index in [-0.39, 0.29) is 23.9 Å². The van der Waals surface area contributed by atoms with Crippen LogP contribution in [-0.4, -0.2) is 23.9 Å². The van der Waals surface area contributed by atoms with Gasteiger partial charge >= 0.3 is 0 Å². The fraction of sp³-hybridized carbons (Fsp3) is 0.375. The summed E-state index contributed by atoms with van der Waals surface area (Å²) in [5.74, 6) is 0.0298. The van der Waals surface area contributed by atoms with E-state index in [1.54, 1.807) is 0 Å². The fourth-order valence-corrected chi connectivity index (χ4v) is 3.96. The van der Waals surface area contributed by atoms with E-state index >= 15 is 0 Å². The SMILES string of the molecule is O=C(NC1CCC(NC(=O)c2cccs2)CC1)c1cccs1.